The quantitative estimate of drug-likeness (QED) is 0.657. The zero-order valence-corrected chi connectivity index (χ0v) is 16.0. The van der Waals surface area contributed by atoms with Crippen LogP contribution < -0.4 is 0 Å². The van der Waals surface area contributed by atoms with Crippen molar-refractivity contribution in [3.63, 3.8) is 0 Å². The molecule has 3 heterocycles. The number of carbonyl (C=O) groups excluding carboxylic acids is 1. The number of fused-ring (bicyclic) bond motifs is 1. The molecule has 2 aromatic heterocycles. The zero-order chi connectivity index (χ0) is 19.5. The number of nitrogens with zero attached hydrogens (tertiary/aromatic N) is 5. The zero-order valence-electron chi connectivity index (χ0n) is 16.0. The van der Waals surface area contributed by atoms with Crippen molar-refractivity contribution in [2.75, 3.05) is 26.3 Å². The molecule has 0 saturated carbocycles. The highest BCUT2D eigenvalue weighted by Crippen LogP contribution is 2.23. The Hall–Kier alpha value is -2.67. The molecular weight excluding hydrogens is 357 g/mol. The molecule has 1 aliphatic heterocycles. The Kier molecular flexibility index (Phi) is 5.43. The highest BCUT2D eigenvalue weighted by Gasteiger charge is 2.25. The van der Waals surface area contributed by atoms with Gasteiger partial charge in [-0.2, -0.15) is 5.10 Å². The summed E-state index contributed by atoms with van der Waals surface area (Å²) in [5, 5.41) is 5.16. The van der Waals surface area contributed by atoms with Crippen LogP contribution in [-0.2, 0) is 18.3 Å². The van der Waals surface area contributed by atoms with Crippen LogP contribution in [0.1, 0.15) is 18.7 Å². The molecule has 0 unspecified atom stereocenters. The predicted octanol–water partition coefficient (Wildman–Crippen LogP) is 2.82. The molecule has 7 heteroatoms. The Bertz CT molecular complexity index is 978. The van der Waals surface area contributed by atoms with Gasteiger partial charge in [0, 0.05) is 42.9 Å². The van der Waals surface area contributed by atoms with Crippen molar-refractivity contribution in [3.8, 4) is 11.1 Å². The van der Waals surface area contributed by atoms with Crippen LogP contribution in [0.3, 0.4) is 0 Å². The van der Waals surface area contributed by atoms with Gasteiger partial charge in [0.25, 0.3) is 0 Å². The van der Waals surface area contributed by atoms with Crippen LogP contribution in [0, 0.1) is 5.92 Å². The number of alkyl halides is 1. The SMILES string of the molecule is Cn1cc(-c2ccc3cnc(CC(=O)C4CCN(CCF)CC4)nc3c2)cn1. The molecule has 1 fully saturated rings. The Balaban J connectivity index is 1.47. The highest BCUT2D eigenvalue weighted by atomic mass is 19.1. The Morgan fingerprint density at radius 1 is 1.21 bits per heavy atom. The van der Waals surface area contributed by atoms with E-state index in [1.807, 2.05) is 37.6 Å². The Morgan fingerprint density at radius 2 is 2.04 bits per heavy atom. The Morgan fingerprint density at radius 3 is 2.75 bits per heavy atom. The van der Waals surface area contributed by atoms with E-state index in [4.69, 9.17) is 0 Å². The third-order valence-electron chi connectivity index (χ3n) is 5.45. The topological polar surface area (TPSA) is 63.9 Å². The van der Waals surface area contributed by atoms with Crippen LogP contribution in [0.4, 0.5) is 4.39 Å². The molecule has 0 bridgehead atoms. The van der Waals surface area contributed by atoms with Gasteiger partial charge in [0.15, 0.2) is 0 Å². The average molecular weight is 381 g/mol. The van der Waals surface area contributed by atoms with Crippen LogP contribution in [0.25, 0.3) is 22.0 Å². The number of hydrogen-bond donors (Lipinski definition) is 0. The van der Waals surface area contributed by atoms with Gasteiger partial charge in [-0.1, -0.05) is 12.1 Å². The second-order valence-corrected chi connectivity index (χ2v) is 7.41. The van der Waals surface area contributed by atoms with E-state index in [-0.39, 0.29) is 24.8 Å². The number of Topliss-reactive ketones (excluding diaryl/α,β-unsaturated/α-hetero) is 1. The van der Waals surface area contributed by atoms with Gasteiger partial charge in [-0.05, 0) is 37.6 Å². The molecule has 6 nitrogen and oxygen atoms in total. The number of carbonyl (C=O) groups is 1. The number of ketones is 1. The molecule has 28 heavy (non-hydrogen) atoms. The molecule has 0 aliphatic carbocycles. The van der Waals surface area contributed by atoms with Crippen molar-refractivity contribution in [2.24, 2.45) is 13.0 Å². The molecular formula is C21H24FN5O. The monoisotopic (exact) mass is 381 g/mol. The summed E-state index contributed by atoms with van der Waals surface area (Å²) >= 11 is 0. The van der Waals surface area contributed by atoms with Gasteiger partial charge in [0.2, 0.25) is 0 Å². The maximum Gasteiger partial charge on any atom is 0.143 e. The summed E-state index contributed by atoms with van der Waals surface area (Å²) in [4.78, 5) is 23.8. The number of aryl methyl sites for hydroxylation is 1. The number of rotatable bonds is 6. The minimum Gasteiger partial charge on any atom is -0.301 e. The van der Waals surface area contributed by atoms with Crippen molar-refractivity contribution in [1.82, 2.24) is 24.6 Å². The number of halogens is 1. The summed E-state index contributed by atoms with van der Waals surface area (Å²) < 4.78 is 14.2. The number of benzene rings is 1. The van der Waals surface area contributed by atoms with E-state index in [0.717, 1.165) is 48.0 Å². The van der Waals surface area contributed by atoms with Gasteiger partial charge in [-0.15, -0.1) is 0 Å². The summed E-state index contributed by atoms with van der Waals surface area (Å²) in [6.07, 6.45) is 7.39. The predicted molar refractivity (Wildman–Crippen MR) is 106 cm³/mol. The second-order valence-electron chi connectivity index (χ2n) is 7.41. The first kappa shape index (κ1) is 18.7. The average Bonchev–Trinajstić information content (AvgIpc) is 3.14. The van der Waals surface area contributed by atoms with Crippen molar-refractivity contribution in [1.29, 1.82) is 0 Å². The molecule has 1 aliphatic rings. The summed E-state index contributed by atoms with van der Waals surface area (Å²) in [5.74, 6) is 0.770. The number of hydrogen-bond acceptors (Lipinski definition) is 5. The third kappa shape index (κ3) is 4.09. The molecule has 146 valence electrons. The van der Waals surface area contributed by atoms with E-state index in [2.05, 4.69) is 20.0 Å². The van der Waals surface area contributed by atoms with Gasteiger partial charge in [0.05, 0.1) is 18.1 Å². The van der Waals surface area contributed by atoms with Gasteiger partial charge in [-0.25, -0.2) is 14.4 Å². The number of aromatic nitrogens is 4. The highest BCUT2D eigenvalue weighted by molar-refractivity contribution is 5.85. The fraction of sp³-hybridized carbons (Fsp3) is 0.429. The van der Waals surface area contributed by atoms with E-state index < -0.39 is 0 Å². The first-order valence-corrected chi connectivity index (χ1v) is 9.68. The minimum atomic E-state index is -0.329. The van der Waals surface area contributed by atoms with Gasteiger partial charge < -0.3 is 4.90 Å². The van der Waals surface area contributed by atoms with Gasteiger partial charge in [0.1, 0.15) is 18.3 Å². The summed E-state index contributed by atoms with van der Waals surface area (Å²) in [6.45, 7) is 1.71. The fourth-order valence-corrected chi connectivity index (χ4v) is 3.79. The van der Waals surface area contributed by atoms with Crippen molar-refractivity contribution >= 4 is 16.7 Å². The van der Waals surface area contributed by atoms with Crippen LogP contribution in [-0.4, -0.2) is 56.7 Å². The van der Waals surface area contributed by atoms with E-state index in [9.17, 15) is 9.18 Å². The summed E-state index contributed by atoms with van der Waals surface area (Å²) in [7, 11) is 1.89. The van der Waals surface area contributed by atoms with Crippen LogP contribution in [0.2, 0.25) is 0 Å². The van der Waals surface area contributed by atoms with E-state index >= 15 is 0 Å². The van der Waals surface area contributed by atoms with Gasteiger partial charge >= 0.3 is 0 Å². The number of piperidine rings is 1. The summed E-state index contributed by atoms with van der Waals surface area (Å²) in [6, 6.07) is 6.03. The second kappa shape index (κ2) is 8.14. The lowest BCUT2D eigenvalue weighted by Gasteiger charge is -2.30. The fourth-order valence-electron chi connectivity index (χ4n) is 3.79. The van der Waals surface area contributed by atoms with Crippen molar-refractivity contribution < 1.29 is 9.18 Å². The molecule has 1 saturated heterocycles. The molecule has 1 aromatic carbocycles. The Labute approximate surface area is 163 Å². The molecule has 0 amide bonds. The first-order chi connectivity index (χ1) is 13.6. The lowest BCUT2D eigenvalue weighted by Crippen LogP contribution is -2.37. The maximum absolute atomic E-state index is 12.7. The minimum absolute atomic E-state index is 0.0249. The number of likely N-dealkylation sites (tertiary alicyclic amines) is 1. The van der Waals surface area contributed by atoms with Gasteiger partial charge in [-0.3, -0.25) is 9.48 Å². The molecule has 0 spiro atoms. The lowest BCUT2D eigenvalue weighted by atomic mass is 9.91. The van der Waals surface area contributed by atoms with Crippen molar-refractivity contribution in [3.05, 3.63) is 42.6 Å². The van der Waals surface area contributed by atoms with Crippen LogP contribution in [0.5, 0.6) is 0 Å². The van der Waals surface area contributed by atoms with E-state index in [1.54, 1.807) is 10.9 Å². The van der Waals surface area contributed by atoms with E-state index in [0.29, 0.717) is 12.4 Å². The van der Waals surface area contributed by atoms with Crippen LogP contribution >= 0.6 is 0 Å². The third-order valence-corrected chi connectivity index (χ3v) is 5.45. The molecule has 3 aromatic rings. The molecule has 0 atom stereocenters. The van der Waals surface area contributed by atoms with Crippen LogP contribution in [0.15, 0.2) is 36.8 Å². The summed E-state index contributed by atoms with van der Waals surface area (Å²) in [5.41, 5.74) is 2.90. The maximum atomic E-state index is 12.7. The lowest BCUT2D eigenvalue weighted by molar-refractivity contribution is -0.123. The molecule has 0 N–H and O–H groups in total. The normalized spacial score (nSPS) is 15.9. The smallest absolute Gasteiger partial charge is 0.143 e. The first-order valence-electron chi connectivity index (χ1n) is 9.68. The van der Waals surface area contributed by atoms with Crippen molar-refractivity contribution in [2.45, 2.75) is 19.3 Å². The largest absolute Gasteiger partial charge is 0.301 e. The molecule has 4 rings (SSSR count). The van der Waals surface area contributed by atoms with E-state index in [1.165, 1.54) is 0 Å². The standard InChI is InChI=1S/C21H24FN5O/c1-26-14-18(13-24-26)16-2-3-17-12-23-21(25-19(17)10-16)11-20(28)15-4-7-27(8-5-15)9-6-22/h2-3,10,12-15H,4-9,11H2,1H3. The molecule has 0 radical (unpaired) electrons.